The van der Waals surface area contributed by atoms with E-state index in [0.29, 0.717) is 81.4 Å². The number of benzene rings is 2. The molecule has 42 heavy (non-hydrogen) atoms. The normalized spacial score (nSPS) is 19.0. The molecule has 0 saturated heterocycles. The minimum Gasteiger partial charge on any atom is -0.378 e. The maximum atomic E-state index is 13.3. The molecule has 0 spiro atoms. The summed E-state index contributed by atoms with van der Waals surface area (Å²) in [6.07, 6.45) is 4.95. The monoisotopic (exact) mass is 578 g/mol. The number of carbonyl (C=O) groups is 1. The van der Waals surface area contributed by atoms with Gasteiger partial charge in [-0.2, -0.15) is 15.0 Å². The molecule has 12 heteroatoms. The van der Waals surface area contributed by atoms with Gasteiger partial charge in [-0.1, -0.05) is 18.6 Å². The number of hydrogen-bond donors (Lipinski definition) is 5. The van der Waals surface area contributed by atoms with E-state index in [2.05, 4.69) is 36.2 Å². The van der Waals surface area contributed by atoms with E-state index in [1.54, 1.807) is 36.4 Å². The van der Waals surface area contributed by atoms with Crippen molar-refractivity contribution in [3.8, 4) is 0 Å². The van der Waals surface area contributed by atoms with Crippen LogP contribution >= 0.6 is 0 Å². The van der Waals surface area contributed by atoms with Crippen LogP contribution in [0.3, 0.4) is 0 Å². The molecule has 0 radical (unpaired) electrons. The average Bonchev–Trinajstić information content (AvgIpc) is 3.62. The molecule has 2 fully saturated rings. The van der Waals surface area contributed by atoms with Crippen LogP contribution in [-0.4, -0.2) is 66.4 Å². The number of hydrogen-bond acceptors (Lipinski definition) is 10. The van der Waals surface area contributed by atoms with Gasteiger partial charge in [0.1, 0.15) is 5.82 Å². The fourth-order valence-corrected chi connectivity index (χ4v) is 5.52. The van der Waals surface area contributed by atoms with Gasteiger partial charge in [0.15, 0.2) is 0 Å². The second kappa shape index (κ2) is 14.9. The van der Waals surface area contributed by atoms with E-state index in [0.717, 1.165) is 23.6 Å². The van der Waals surface area contributed by atoms with E-state index in [4.69, 9.17) is 15.2 Å². The number of amides is 1. The van der Waals surface area contributed by atoms with Gasteiger partial charge in [-0.25, -0.2) is 4.39 Å². The zero-order chi connectivity index (χ0) is 29.1. The standard InChI is InChI=1S/C30H39FN8O3/c31-24-7-2-20(3-8-24)19-34-28-37-29(39-30(38-28)36-26-18-21-1-4-23(26)17-21)35-25-9-5-22(6-10-25)27(40)33-12-14-42-16-15-41-13-11-32/h2-3,5-10,21,23,26H,1,4,11-19,32H2,(H,33,40)(H3,34,35,36,37,38,39). The predicted octanol–water partition coefficient (Wildman–Crippen LogP) is 3.69. The molecule has 2 aliphatic rings. The zero-order valence-corrected chi connectivity index (χ0v) is 23.7. The molecular weight excluding hydrogens is 539 g/mol. The first-order valence-corrected chi connectivity index (χ1v) is 14.6. The van der Waals surface area contributed by atoms with Crippen LogP contribution in [0.15, 0.2) is 48.5 Å². The lowest BCUT2D eigenvalue weighted by Gasteiger charge is -2.23. The van der Waals surface area contributed by atoms with Gasteiger partial charge in [-0.3, -0.25) is 4.79 Å². The van der Waals surface area contributed by atoms with Crippen molar-refractivity contribution >= 4 is 29.4 Å². The van der Waals surface area contributed by atoms with Crippen molar-refractivity contribution in [3.05, 3.63) is 65.5 Å². The van der Waals surface area contributed by atoms with Crippen molar-refractivity contribution in [3.63, 3.8) is 0 Å². The number of nitrogens with one attached hydrogen (secondary N) is 4. The third-order valence-corrected chi connectivity index (χ3v) is 7.62. The fourth-order valence-electron chi connectivity index (χ4n) is 5.52. The summed E-state index contributed by atoms with van der Waals surface area (Å²) in [5.74, 6) is 2.27. The number of carbonyl (C=O) groups excluding carboxylic acids is 1. The first kappa shape index (κ1) is 29.6. The Morgan fingerprint density at radius 1 is 0.881 bits per heavy atom. The summed E-state index contributed by atoms with van der Waals surface area (Å²) in [6.45, 7) is 3.15. The lowest BCUT2D eigenvalue weighted by molar-refractivity contribution is 0.0511. The van der Waals surface area contributed by atoms with Crippen molar-refractivity contribution in [1.82, 2.24) is 20.3 Å². The number of anilines is 4. The average molecular weight is 579 g/mol. The first-order valence-electron chi connectivity index (χ1n) is 14.6. The van der Waals surface area contributed by atoms with E-state index in [1.165, 1.54) is 31.4 Å². The number of aromatic nitrogens is 3. The SMILES string of the molecule is NCCOCCOCCNC(=O)c1ccc(Nc2nc(NCc3ccc(F)cc3)nc(NC3CC4CCC3C4)n2)cc1. The molecule has 1 heterocycles. The van der Waals surface area contributed by atoms with Crippen LogP contribution in [0.25, 0.3) is 0 Å². The molecule has 3 atom stereocenters. The van der Waals surface area contributed by atoms with Crippen molar-refractivity contribution in [2.75, 3.05) is 55.5 Å². The highest BCUT2D eigenvalue weighted by Crippen LogP contribution is 2.45. The van der Waals surface area contributed by atoms with E-state index < -0.39 is 0 Å². The minimum absolute atomic E-state index is 0.186. The highest BCUT2D eigenvalue weighted by atomic mass is 19.1. The third kappa shape index (κ3) is 8.57. The molecule has 3 aromatic rings. The third-order valence-electron chi connectivity index (χ3n) is 7.62. The van der Waals surface area contributed by atoms with Crippen LogP contribution in [-0.2, 0) is 16.0 Å². The Morgan fingerprint density at radius 3 is 2.33 bits per heavy atom. The second-order valence-corrected chi connectivity index (χ2v) is 10.7. The quantitative estimate of drug-likeness (QED) is 0.159. The Labute approximate surface area is 245 Å². The second-order valence-electron chi connectivity index (χ2n) is 10.7. The van der Waals surface area contributed by atoms with Gasteiger partial charge in [0.2, 0.25) is 17.8 Å². The molecular formula is C30H39FN8O3. The van der Waals surface area contributed by atoms with E-state index in [-0.39, 0.29) is 11.7 Å². The van der Waals surface area contributed by atoms with Gasteiger partial charge >= 0.3 is 0 Å². The number of halogens is 1. The zero-order valence-electron chi connectivity index (χ0n) is 23.7. The molecule has 3 unspecified atom stereocenters. The number of fused-ring (bicyclic) bond motifs is 2. The van der Waals surface area contributed by atoms with Crippen LogP contribution < -0.4 is 27.0 Å². The Balaban J connectivity index is 1.18. The van der Waals surface area contributed by atoms with E-state index >= 15 is 0 Å². The Bertz CT molecular complexity index is 1290. The van der Waals surface area contributed by atoms with Gasteiger partial charge < -0.3 is 36.5 Å². The summed E-state index contributed by atoms with van der Waals surface area (Å²) in [5.41, 5.74) is 7.54. The maximum absolute atomic E-state index is 13.3. The molecule has 1 aromatic heterocycles. The minimum atomic E-state index is -0.277. The fraction of sp³-hybridized carbons (Fsp3) is 0.467. The molecule has 0 aliphatic heterocycles. The lowest BCUT2D eigenvalue weighted by atomic mass is 9.95. The molecule has 11 nitrogen and oxygen atoms in total. The summed E-state index contributed by atoms with van der Waals surface area (Å²) in [4.78, 5) is 26.3. The van der Waals surface area contributed by atoms with Crippen LogP contribution in [0.5, 0.6) is 0 Å². The number of nitrogens with two attached hydrogens (primary N) is 1. The summed E-state index contributed by atoms with van der Waals surface area (Å²) in [5, 5.41) is 12.9. The number of ether oxygens (including phenoxy) is 2. The number of nitrogens with zero attached hydrogens (tertiary/aromatic N) is 3. The van der Waals surface area contributed by atoms with Gasteiger partial charge in [0.05, 0.1) is 26.4 Å². The molecule has 2 bridgehead atoms. The predicted molar refractivity (Wildman–Crippen MR) is 159 cm³/mol. The Hall–Kier alpha value is -3.87. The first-order chi connectivity index (χ1) is 20.6. The van der Waals surface area contributed by atoms with E-state index in [9.17, 15) is 9.18 Å². The molecule has 2 aromatic carbocycles. The smallest absolute Gasteiger partial charge is 0.251 e. The number of rotatable bonds is 16. The highest BCUT2D eigenvalue weighted by molar-refractivity contribution is 5.94. The Morgan fingerprint density at radius 2 is 1.62 bits per heavy atom. The van der Waals surface area contributed by atoms with Crippen LogP contribution in [0.1, 0.15) is 41.6 Å². The van der Waals surface area contributed by atoms with Crippen molar-refractivity contribution in [2.24, 2.45) is 17.6 Å². The van der Waals surface area contributed by atoms with Gasteiger partial charge in [-0.05, 0) is 73.1 Å². The van der Waals surface area contributed by atoms with Crippen molar-refractivity contribution in [1.29, 1.82) is 0 Å². The molecule has 6 N–H and O–H groups in total. The molecule has 224 valence electrons. The molecule has 2 saturated carbocycles. The van der Waals surface area contributed by atoms with Gasteiger partial charge in [-0.15, -0.1) is 0 Å². The maximum Gasteiger partial charge on any atom is 0.251 e. The molecule has 1 amide bonds. The Kier molecular flexibility index (Phi) is 10.5. The van der Waals surface area contributed by atoms with Crippen molar-refractivity contribution in [2.45, 2.75) is 38.3 Å². The van der Waals surface area contributed by atoms with Crippen LogP contribution in [0.4, 0.5) is 27.9 Å². The van der Waals surface area contributed by atoms with E-state index in [1.807, 2.05) is 0 Å². The van der Waals surface area contributed by atoms with Crippen LogP contribution in [0, 0.1) is 17.7 Å². The topological polar surface area (TPSA) is 148 Å². The summed E-state index contributed by atoms with van der Waals surface area (Å²) in [7, 11) is 0. The van der Waals surface area contributed by atoms with Crippen LogP contribution in [0.2, 0.25) is 0 Å². The highest BCUT2D eigenvalue weighted by Gasteiger charge is 2.39. The summed E-state index contributed by atoms with van der Waals surface area (Å²) in [6, 6.07) is 13.7. The summed E-state index contributed by atoms with van der Waals surface area (Å²) < 4.78 is 24.0. The van der Waals surface area contributed by atoms with Gasteiger partial charge in [0, 0.05) is 36.9 Å². The van der Waals surface area contributed by atoms with Gasteiger partial charge in [0.25, 0.3) is 5.91 Å². The largest absolute Gasteiger partial charge is 0.378 e. The summed E-state index contributed by atoms with van der Waals surface area (Å²) >= 11 is 0. The van der Waals surface area contributed by atoms with Crippen molar-refractivity contribution < 1.29 is 18.7 Å². The lowest BCUT2D eigenvalue weighted by Crippen LogP contribution is -2.27. The molecule has 5 rings (SSSR count). The molecule has 2 aliphatic carbocycles.